The lowest BCUT2D eigenvalue weighted by Crippen LogP contribution is -2.04. The second kappa shape index (κ2) is 7.40. The smallest absolute Gasteiger partial charge is 0.336 e. The van der Waals surface area contributed by atoms with E-state index in [1.165, 1.54) is 13.0 Å². The molecule has 0 aromatic heterocycles. The van der Waals surface area contributed by atoms with Crippen molar-refractivity contribution >= 4 is 17.8 Å². The van der Waals surface area contributed by atoms with Gasteiger partial charge in [-0.15, -0.1) is 0 Å². The molecule has 0 radical (unpaired) electrons. The topological polar surface area (TPSA) is 52.6 Å². The van der Waals surface area contributed by atoms with Gasteiger partial charge in [0.2, 0.25) is 0 Å². The molecule has 0 unspecified atom stereocenters. The van der Waals surface area contributed by atoms with Gasteiger partial charge in [0.25, 0.3) is 0 Å². The maximum absolute atomic E-state index is 11.9. The third-order valence-electron chi connectivity index (χ3n) is 3.26. The van der Waals surface area contributed by atoms with Gasteiger partial charge < -0.3 is 9.47 Å². The van der Waals surface area contributed by atoms with Gasteiger partial charge in [-0.1, -0.05) is 11.6 Å². The number of esters is 1. The zero-order valence-electron chi connectivity index (χ0n) is 13.3. The van der Waals surface area contributed by atoms with Crippen LogP contribution in [0.1, 0.15) is 28.4 Å². The Kier molecular flexibility index (Phi) is 5.31. The Labute approximate surface area is 135 Å². The van der Waals surface area contributed by atoms with Crippen molar-refractivity contribution in [1.29, 1.82) is 0 Å². The van der Waals surface area contributed by atoms with Gasteiger partial charge in [-0.2, -0.15) is 0 Å². The number of aryl methyl sites for hydroxylation is 1. The van der Waals surface area contributed by atoms with Crippen molar-refractivity contribution in [3.8, 4) is 11.5 Å². The lowest BCUT2D eigenvalue weighted by molar-refractivity contribution is -0.128. The summed E-state index contributed by atoms with van der Waals surface area (Å²) in [5, 5.41) is 0. The highest BCUT2D eigenvalue weighted by atomic mass is 16.5. The summed E-state index contributed by atoms with van der Waals surface area (Å²) in [4.78, 5) is 23.1. The van der Waals surface area contributed by atoms with Crippen LogP contribution in [-0.2, 0) is 4.79 Å². The third kappa shape index (κ3) is 4.54. The molecule has 0 aliphatic heterocycles. The van der Waals surface area contributed by atoms with E-state index in [0.717, 1.165) is 11.1 Å². The number of ketones is 1. The molecule has 0 spiro atoms. The van der Waals surface area contributed by atoms with Crippen molar-refractivity contribution in [3.63, 3.8) is 0 Å². The van der Waals surface area contributed by atoms with E-state index in [4.69, 9.17) is 9.47 Å². The Hall–Kier alpha value is -2.88. The molecule has 0 fully saturated rings. The van der Waals surface area contributed by atoms with Crippen LogP contribution in [0.5, 0.6) is 11.5 Å². The lowest BCUT2D eigenvalue weighted by Gasteiger charge is -2.05. The average Bonchev–Trinajstić information content (AvgIpc) is 2.53. The molecule has 0 heterocycles. The summed E-state index contributed by atoms with van der Waals surface area (Å²) in [6.07, 6.45) is 2.99. The van der Waals surface area contributed by atoms with Gasteiger partial charge in [0.05, 0.1) is 7.11 Å². The number of carbonyl (C=O) groups excluding carboxylic acids is 2. The first-order valence-electron chi connectivity index (χ1n) is 7.15. The lowest BCUT2D eigenvalue weighted by atomic mass is 10.1. The van der Waals surface area contributed by atoms with Crippen LogP contribution in [0, 0.1) is 6.92 Å². The number of hydrogen-bond acceptors (Lipinski definition) is 4. The number of Topliss-reactive ketones (excluding diaryl/α,β-unsaturated/α-hetero) is 1. The van der Waals surface area contributed by atoms with Crippen LogP contribution < -0.4 is 9.47 Å². The summed E-state index contributed by atoms with van der Waals surface area (Å²) >= 11 is 0. The number of methoxy groups -OCH3 is 1. The molecule has 0 amide bonds. The third-order valence-corrected chi connectivity index (χ3v) is 3.26. The van der Waals surface area contributed by atoms with E-state index in [0.29, 0.717) is 17.1 Å². The average molecular weight is 310 g/mol. The van der Waals surface area contributed by atoms with Crippen LogP contribution in [0.4, 0.5) is 0 Å². The van der Waals surface area contributed by atoms with Crippen molar-refractivity contribution in [3.05, 3.63) is 65.2 Å². The second-order valence-electron chi connectivity index (χ2n) is 5.08. The molecule has 0 atom stereocenters. The van der Waals surface area contributed by atoms with Crippen molar-refractivity contribution in [2.75, 3.05) is 7.11 Å². The highest BCUT2D eigenvalue weighted by Crippen LogP contribution is 2.21. The Balaban J connectivity index is 2.07. The molecule has 0 aliphatic rings. The summed E-state index contributed by atoms with van der Waals surface area (Å²) < 4.78 is 10.4. The standard InChI is InChI=1S/C19H18O4/c1-13-4-10-18(22-3)16(12-13)7-11-19(21)23-17-8-5-15(6-9-17)14(2)20/h4-12H,1-3H3/b11-7+. The van der Waals surface area contributed by atoms with Crippen molar-refractivity contribution < 1.29 is 19.1 Å². The number of rotatable bonds is 5. The van der Waals surface area contributed by atoms with Gasteiger partial charge in [-0.05, 0) is 56.3 Å². The van der Waals surface area contributed by atoms with Crippen LogP contribution in [0.25, 0.3) is 6.08 Å². The second-order valence-corrected chi connectivity index (χ2v) is 5.08. The van der Waals surface area contributed by atoms with E-state index in [1.807, 2.05) is 25.1 Å². The summed E-state index contributed by atoms with van der Waals surface area (Å²) in [6.45, 7) is 3.45. The number of ether oxygens (including phenoxy) is 2. The molecule has 0 N–H and O–H groups in total. The van der Waals surface area contributed by atoms with E-state index < -0.39 is 5.97 Å². The molecule has 2 aromatic rings. The first kappa shape index (κ1) is 16.5. The molecule has 2 rings (SSSR count). The minimum Gasteiger partial charge on any atom is -0.496 e. The van der Waals surface area contributed by atoms with Crippen molar-refractivity contribution in [2.45, 2.75) is 13.8 Å². The van der Waals surface area contributed by atoms with Gasteiger partial charge in [-0.25, -0.2) is 4.79 Å². The number of carbonyl (C=O) groups is 2. The predicted octanol–water partition coefficient (Wildman–Crippen LogP) is 3.83. The fourth-order valence-corrected chi connectivity index (χ4v) is 2.05. The Morgan fingerprint density at radius 1 is 1.04 bits per heavy atom. The highest BCUT2D eigenvalue weighted by Gasteiger charge is 2.04. The Morgan fingerprint density at radius 2 is 1.74 bits per heavy atom. The quantitative estimate of drug-likeness (QED) is 0.364. The molecule has 0 aliphatic carbocycles. The largest absolute Gasteiger partial charge is 0.496 e. The minimum absolute atomic E-state index is 0.0330. The van der Waals surface area contributed by atoms with E-state index >= 15 is 0 Å². The molecule has 4 heteroatoms. The van der Waals surface area contributed by atoms with Gasteiger partial charge >= 0.3 is 5.97 Å². The maximum atomic E-state index is 11.9. The van der Waals surface area contributed by atoms with Crippen LogP contribution in [0.2, 0.25) is 0 Å². The van der Waals surface area contributed by atoms with Gasteiger partial charge in [-0.3, -0.25) is 4.79 Å². The molecule has 2 aromatic carbocycles. The van der Waals surface area contributed by atoms with E-state index in [1.54, 1.807) is 37.5 Å². The summed E-state index contributed by atoms with van der Waals surface area (Å²) in [5.74, 6) is 0.546. The fraction of sp³-hybridized carbons (Fsp3) is 0.158. The zero-order valence-corrected chi connectivity index (χ0v) is 13.3. The number of benzene rings is 2. The molecule has 4 nitrogen and oxygen atoms in total. The molecular formula is C19H18O4. The fourth-order valence-electron chi connectivity index (χ4n) is 2.05. The molecule has 0 bridgehead atoms. The minimum atomic E-state index is -0.496. The molecule has 0 saturated carbocycles. The summed E-state index contributed by atoms with van der Waals surface area (Å²) in [5.41, 5.74) is 2.44. The van der Waals surface area contributed by atoms with Crippen LogP contribution in [0.3, 0.4) is 0 Å². The first-order chi connectivity index (χ1) is 11.0. The Morgan fingerprint density at radius 3 is 2.35 bits per heavy atom. The van der Waals surface area contributed by atoms with Crippen LogP contribution in [0.15, 0.2) is 48.5 Å². The highest BCUT2D eigenvalue weighted by molar-refractivity contribution is 5.94. The SMILES string of the molecule is COc1ccc(C)cc1/C=C/C(=O)Oc1ccc(C(C)=O)cc1. The molecule has 0 saturated heterocycles. The normalized spacial score (nSPS) is 10.6. The molecular weight excluding hydrogens is 292 g/mol. The van der Waals surface area contributed by atoms with E-state index in [2.05, 4.69) is 0 Å². The molecule has 23 heavy (non-hydrogen) atoms. The zero-order chi connectivity index (χ0) is 16.8. The van der Waals surface area contributed by atoms with Crippen LogP contribution in [-0.4, -0.2) is 18.9 Å². The predicted molar refractivity (Wildman–Crippen MR) is 88.8 cm³/mol. The van der Waals surface area contributed by atoms with Gasteiger partial charge in [0, 0.05) is 17.2 Å². The van der Waals surface area contributed by atoms with E-state index in [-0.39, 0.29) is 5.78 Å². The van der Waals surface area contributed by atoms with Gasteiger partial charge in [0.1, 0.15) is 11.5 Å². The van der Waals surface area contributed by atoms with Gasteiger partial charge in [0.15, 0.2) is 5.78 Å². The first-order valence-corrected chi connectivity index (χ1v) is 7.15. The molecule has 118 valence electrons. The number of hydrogen-bond donors (Lipinski definition) is 0. The van der Waals surface area contributed by atoms with E-state index in [9.17, 15) is 9.59 Å². The summed E-state index contributed by atoms with van der Waals surface area (Å²) in [7, 11) is 1.58. The van der Waals surface area contributed by atoms with Crippen molar-refractivity contribution in [1.82, 2.24) is 0 Å². The van der Waals surface area contributed by atoms with Crippen molar-refractivity contribution in [2.24, 2.45) is 0 Å². The summed E-state index contributed by atoms with van der Waals surface area (Å²) in [6, 6.07) is 12.1. The monoisotopic (exact) mass is 310 g/mol. The van der Waals surface area contributed by atoms with Crippen LogP contribution >= 0.6 is 0 Å². The Bertz CT molecular complexity index is 742. The maximum Gasteiger partial charge on any atom is 0.336 e.